The van der Waals surface area contributed by atoms with Gasteiger partial charge in [0.25, 0.3) is 5.91 Å². The molecule has 1 unspecified atom stereocenters. The number of rotatable bonds is 5. The molecule has 5 heteroatoms. The van der Waals surface area contributed by atoms with E-state index in [-0.39, 0.29) is 5.91 Å². The Kier molecular flexibility index (Phi) is 5.32. The molecular formula is C15H24N4O. The highest BCUT2D eigenvalue weighted by Crippen LogP contribution is 2.29. The molecule has 1 fully saturated rings. The topological polar surface area (TPSA) is 66.9 Å². The lowest BCUT2D eigenvalue weighted by molar-refractivity contribution is 0.0957. The summed E-state index contributed by atoms with van der Waals surface area (Å²) in [4.78, 5) is 11.4. The molecule has 0 saturated heterocycles. The molecule has 110 valence electrons. The van der Waals surface area contributed by atoms with Crippen LogP contribution in [0.25, 0.3) is 0 Å². The minimum absolute atomic E-state index is 0.205. The van der Waals surface area contributed by atoms with E-state index in [1.54, 1.807) is 13.1 Å². The number of amides is 1. The number of hydrogen-bond donors (Lipinski definition) is 2. The lowest BCUT2D eigenvalue weighted by Crippen LogP contribution is -2.30. The monoisotopic (exact) mass is 276 g/mol. The van der Waals surface area contributed by atoms with Gasteiger partial charge in [-0.3, -0.25) is 4.79 Å². The van der Waals surface area contributed by atoms with Gasteiger partial charge in [0.05, 0.1) is 0 Å². The highest BCUT2D eigenvalue weighted by Gasteiger charge is 2.22. The van der Waals surface area contributed by atoms with Crippen molar-refractivity contribution in [1.82, 2.24) is 15.5 Å². The first kappa shape index (κ1) is 14.8. The van der Waals surface area contributed by atoms with E-state index in [2.05, 4.69) is 27.8 Å². The predicted molar refractivity (Wildman–Crippen MR) is 79.7 cm³/mol. The van der Waals surface area contributed by atoms with Gasteiger partial charge in [0.1, 0.15) is 5.82 Å². The summed E-state index contributed by atoms with van der Waals surface area (Å²) in [5, 5.41) is 14.1. The third-order valence-electron chi connectivity index (χ3n) is 4.12. The summed E-state index contributed by atoms with van der Waals surface area (Å²) in [6.07, 6.45) is 7.73. The molecule has 1 saturated carbocycles. The van der Waals surface area contributed by atoms with Gasteiger partial charge >= 0.3 is 0 Å². The van der Waals surface area contributed by atoms with Gasteiger partial charge in [0, 0.05) is 13.1 Å². The van der Waals surface area contributed by atoms with Crippen molar-refractivity contribution in [3.05, 3.63) is 17.8 Å². The molecule has 2 N–H and O–H groups in total. The molecular weight excluding hydrogens is 252 g/mol. The van der Waals surface area contributed by atoms with Gasteiger partial charge in [0.15, 0.2) is 5.69 Å². The normalized spacial score (nSPS) is 17.5. The SMILES string of the molecule is CCC(Nc1ccc(C(=O)NC)nn1)C1CCCCC1. The van der Waals surface area contributed by atoms with Crippen molar-refractivity contribution in [1.29, 1.82) is 0 Å². The molecule has 0 radical (unpaired) electrons. The maximum absolute atomic E-state index is 11.4. The Balaban J connectivity index is 1.98. The number of hydrogen-bond acceptors (Lipinski definition) is 4. The Bertz CT molecular complexity index is 426. The van der Waals surface area contributed by atoms with E-state index >= 15 is 0 Å². The molecule has 1 atom stereocenters. The van der Waals surface area contributed by atoms with E-state index in [0.717, 1.165) is 18.2 Å². The molecule has 0 spiro atoms. The summed E-state index contributed by atoms with van der Waals surface area (Å²) < 4.78 is 0. The maximum Gasteiger partial charge on any atom is 0.271 e. The number of carbonyl (C=O) groups excluding carboxylic acids is 1. The smallest absolute Gasteiger partial charge is 0.271 e. The Morgan fingerprint density at radius 1 is 1.30 bits per heavy atom. The average molecular weight is 276 g/mol. The van der Waals surface area contributed by atoms with Crippen molar-refractivity contribution < 1.29 is 4.79 Å². The zero-order valence-electron chi connectivity index (χ0n) is 12.4. The quantitative estimate of drug-likeness (QED) is 0.867. The molecule has 5 nitrogen and oxygen atoms in total. The molecule has 0 bridgehead atoms. The second kappa shape index (κ2) is 7.22. The Hall–Kier alpha value is -1.65. The Labute approximate surface area is 120 Å². The molecule has 2 rings (SSSR count). The molecule has 1 aromatic heterocycles. The van der Waals surface area contributed by atoms with Gasteiger partial charge in [-0.25, -0.2) is 0 Å². The van der Waals surface area contributed by atoms with Crippen molar-refractivity contribution in [2.24, 2.45) is 5.92 Å². The van der Waals surface area contributed by atoms with E-state index in [9.17, 15) is 4.79 Å². The van der Waals surface area contributed by atoms with Gasteiger partial charge in [-0.2, -0.15) is 0 Å². The third kappa shape index (κ3) is 3.68. The van der Waals surface area contributed by atoms with Crippen molar-refractivity contribution in [2.45, 2.75) is 51.5 Å². The van der Waals surface area contributed by atoms with E-state index in [1.807, 2.05) is 6.07 Å². The molecule has 20 heavy (non-hydrogen) atoms. The molecule has 1 heterocycles. The number of anilines is 1. The standard InChI is InChI=1S/C15H24N4O/c1-3-12(11-7-5-4-6-8-11)17-14-10-9-13(18-19-14)15(20)16-2/h9-12H,3-8H2,1-2H3,(H,16,20)(H,17,19). The number of aromatic nitrogens is 2. The molecule has 1 aliphatic carbocycles. The first-order chi connectivity index (χ1) is 9.74. The van der Waals surface area contributed by atoms with Crippen LogP contribution in [-0.2, 0) is 0 Å². The minimum atomic E-state index is -0.205. The molecule has 0 aromatic carbocycles. The molecule has 1 aromatic rings. The van der Waals surface area contributed by atoms with Crippen LogP contribution in [0.3, 0.4) is 0 Å². The third-order valence-corrected chi connectivity index (χ3v) is 4.12. The maximum atomic E-state index is 11.4. The van der Waals surface area contributed by atoms with E-state index in [0.29, 0.717) is 11.7 Å². The van der Waals surface area contributed by atoms with Crippen LogP contribution in [0.1, 0.15) is 55.9 Å². The fraction of sp³-hybridized carbons (Fsp3) is 0.667. The van der Waals surface area contributed by atoms with Crippen LogP contribution in [0.2, 0.25) is 0 Å². The molecule has 0 aliphatic heterocycles. The largest absolute Gasteiger partial charge is 0.366 e. The Morgan fingerprint density at radius 2 is 2.05 bits per heavy atom. The summed E-state index contributed by atoms with van der Waals surface area (Å²) in [6, 6.07) is 4.00. The van der Waals surface area contributed by atoms with Crippen LogP contribution in [0.15, 0.2) is 12.1 Å². The zero-order chi connectivity index (χ0) is 14.4. The van der Waals surface area contributed by atoms with Crippen molar-refractivity contribution in [3.8, 4) is 0 Å². The summed E-state index contributed by atoms with van der Waals surface area (Å²) >= 11 is 0. The zero-order valence-corrected chi connectivity index (χ0v) is 12.4. The van der Waals surface area contributed by atoms with Crippen LogP contribution in [-0.4, -0.2) is 29.2 Å². The fourth-order valence-corrected chi connectivity index (χ4v) is 2.94. The summed E-state index contributed by atoms with van der Waals surface area (Å²) in [5.41, 5.74) is 0.351. The van der Waals surface area contributed by atoms with E-state index in [4.69, 9.17) is 0 Å². The second-order valence-electron chi connectivity index (χ2n) is 5.44. The first-order valence-electron chi connectivity index (χ1n) is 7.57. The predicted octanol–water partition coefficient (Wildman–Crippen LogP) is 2.61. The fourth-order valence-electron chi connectivity index (χ4n) is 2.94. The summed E-state index contributed by atoms with van der Waals surface area (Å²) in [7, 11) is 1.59. The number of nitrogens with one attached hydrogen (secondary N) is 2. The number of carbonyl (C=O) groups is 1. The molecule has 1 amide bonds. The average Bonchev–Trinajstić information content (AvgIpc) is 2.53. The summed E-state index contributed by atoms with van der Waals surface area (Å²) in [5.74, 6) is 1.28. The van der Waals surface area contributed by atoms with Crippen molar-refractivity contribution in [3.63, 3.8) is 0 Å². The van der Waals surface area contributed by atoms with E-state index in [1.165, 1.54) is 32.1 Å². The number of nitrogens with zero attached hydrogens (tertiary/aromatic N) is 2. The van der Waals surface area contributed by atoms with Gasteiger partial charge in [-0.05, 0) is 37.3 Å². The second-order valence-corrected chi connectivity index (χ2v) is 5.44. The molecule has 1 aliphatic rings. The van der Waals surface area contributed by atoms with Crippen LogP contribution in [0.4, 0.5) is 5.82 Å². The van der Waals surface area contributed by atoms with Gasteiger partial charge in [-0.15, -0.1) is 10.2 Å². The summed E-state index contributed by atoms with van der Waals surface area (Å²) in [6.45, 7) is 2.21. The highest BCUT2D eigenvalue weighted by atomic mass is 16.1. The van der Waals surface area contributed by atoms with Gasteiger partial charge in [-0.1, -0.05) is 26.2 Å². The highest BCUT2D eigenvalue weighted by molar-refractivity contribution is 5.91. The first-order valence-corrected chi connectivity index (χ1v) is 7.57. The van der Waals surface area contributed by atoms with Crippen LogP contribution in [0.5, 0.6) is 0 Å². The van der Waals surface area contributed by atoms with Crippen molar-refractivity contribution in [2.75, 3.05) is 12.4 Å². The van der Waals surface area contributed by atoms with Crippen molar-refractivity contribution >= 4 is 11.7 Å². The van der Waals surface area contributed by atoms with Crippen LogP contribution in [0, 0.1) is 5.92 Å². The lowest BCUT2D eigenvalue weighted by Gasteiger charge is -2.30. The van der Waals surface area contributed by atoms with E-state index < -0.39 is 0 Å². The van der Waals surface area contributed by atoms with Gasteiger partial charge in [0.2, 0.25) is 0 Å². The minimum Gasteiger partial charge on any atom is -0.366 e. The lowest BCUT2D eigenvalue weighted by atomic mass is 9.83. The Morgan fingerprint density at radius 3 is 2.60 bits per heavy atom. The van der Waals surface area contributed by atoms with Gasteiger partial charge < -0.3 is 10.6 Å². The van der Waals surface area contributed by atoms with Crippen LogP contribution < -0.4 is 10.6 Å². The van der Waals surface area contributed by atoms with Crippen LogP contribution >= 0.6 is 0 Å².